The summed E-state index contributed by atoms with van der Waals surface area (Å²) < 4.78 is 7.56. The number of ether oxygens (including phenoxy) is 1. The molecule has 8 heteroatoms. The van der Waals surface area contributed by atoms with E-state index in [4.69, 9.17) is 9.72 Å². The lowest BCUT2D eigenvalue weighted by Crippen LogP contribution is -2.44. The Balaban J connectivity index is 1.51. The fourth-order valence-electron chi connectivity index (χ4n) is 4.19. The number of thioether (sulfide) groups is 1. The van der Waals surface area contributed by atoms with Crippen molar-refractivity contribution in [3.63, 3.8) is 0 Å². The third kappa shape index (κ3) is 4.45. The van der Waals surface area contributed by atoms with Crippen LogP contribution >= 0.6 is 11.8 Å². The SMILES string of the molecule is Cc1ccc(Cn2c3ccc(C)cc3c3nnc(SC(C)C(=O)N4CCOCC4)nc32)cc1. The van der Waals surface area contributed by atoms with E-state index in [2.05, 4.69) is 71.1 Å². The van der Waals surface area contributed by atoms with Gasteiger partial charge in [0.1, 0.15) is 5.52 Å². The van der Waals surface area contributed by atoms with Crippen molar-refractivity contribution in [2.24, 2.45) is 0 Å². The van der Waals surface area contributed by atoms with Crippen LogP contribution in [0.2, 0.25) is 0 Å². The molecule has 3 heterocycles. The quantitative estimate of drug-likeness (QED) is 0.419. The van der Waals surface area contributed by atoms with Crippen molar-refractivity contribution >= 4 is 39.7 Å². The lowest BCUT2D eigenvalue weighted by atomic mass is 10.1. The molecule has 1 saturated heterocycles. The predicted molar refractivity (Wildman–Crippen MR) is 131 cm³/mol. The van der Waals surface area contributed by atoms with Gasteiger partial charge < -0.3 is 14.2 Å². The van der Waals surface area contributed by atoms with E-state index in [9.17, 15) is 4.79 Å². The maximum absolute atomic E-state index is 12.8. The molecular weight excluding hydrogens is 434 g/mol. The van der Waals surface area contributed by atoms with Gasteiger partial charge in [0, 0.05) is 25.0 Å². The average Bonchev–Trinajstić information content (AvgIpc) is 3.12. The summed E-state index contributed by atoms with van der Waals surface area (Å²) in [7, 11) is 0. The van der Waals surface area contributed by atoms with Crippen LogP contribution in [0.3, 0.4) is 0 Å². The Labute approximate surface area is 197 Å². The fraction of sp³-hybridized carbons (Fsp3) is 0.360. The van der Waals surface area contributed by atoms with Crippen LogP contribution in [-0.4, -0.2) is 62.1 Å². The highest BCUT2D eigenvalue weighted by Crippen LogP contribution is 2.30. The topological polar surface area (TPSA) is 73.1 Å². The number of carbonyl (C=O) groups excluding carboxylic acids is 1. The Morgan fingerprint density at radius 1 is 1.06 bits per heavy atom. The summed E-state index contributed by atoms with van der Waals surface area (Å²) in [6.45, 7) is 9.20. The zero-order valence-electron chi connectivity index (χ0n) is 19.1. The minimum absolute atomic E-state index is 0.0859. The largest absolute Gasteiger partial charge is 0.378 e. The summed E-state index contributed by atoms with van der Waals surface area (Å²) in [5.74, 6) is 0.0859. The molecule has 1 fully saturated rings. The van der Waals surface area contributed by atoms with Crippen molar-refractivity contribution in [2.75, 3.05) is 26.3 Å². The number of nitrogens with zero attached hydrogens (tertiary/aromatic N) is 5. The van der Waals surface area contributed by atoms with Crippen molar-refractivity contribution in [2.45, 2.75) is 37.7 Å². The number of rotatable bonds is 5. The van der Waals surface area contributed by atoms with Crippen molar-refractivity contribution < 1.29 is 9.53 Å². The van der Waals surface area contributed by atoms with Crippen LogP contribution < -0.4 is 0 Å². The zero-order valence-corrected chi connectivity index (χ0v) is 19.9. The summed E-state index contributed by atoms with van der Waals surface area (Å²) in [5.41, 5.74) is 6.26. The highest BCUT2D eigenvalue weighted by molar-refractivity contribution is 8.00. The van der Waals surface area contributed by atoms with Crippen molar-refractivity contribution in [1.82, 2.24) is 24.6 Å². The number of benzene rings is 2. The maximum Gasteiger partial charge on any atom is 0.236 e. The van der Waals surface area contributed by atoms with Gasteiger partial charge in [0.05, 0.1) is 24.0 Å². The number of fused-ring (bicyclic) bond motifs is 3. The normalized spacial score (nSPS) is 15.3. The van der Waals surface area contributed by atoms with Crippen LogP contribution in [0.5, 0.6) is 0 Å². The minimum atomic E-state index is -0.292. The minimum Gasteiger partial charge on any atom is -0.378 e. The maximum atomic E-state index is 12.8. The Hall–Kier alpha value is -2.97. The molecule has 0 N–H and O–H groups in total. The van der Waals surface area contributed by atoms with Crippen LogP contribution in [0.25, 0.3) is 22.1 Å². The summed E-state index contributed by atoms with van der Waals surface area (Å²) in [6.07, 6.45) is 0. The number of hydrogen-bond acceptors (Lipinski definition) is 6. The molecule has 0 spiro atoms. The third-order valence-corrected chi connectivity index (χ3v) is 6.96. The number of aromatic nitrogens is 4. The van der Waals surface area contributed by atoms with E-state index in [1.165, 1.54) is 28.5 Å². The van der Waals surface area contributed by atoms with Gasteiger partial charge in [-0.15, -0.1) is 10.2 Å². The monoisotopic (exact) mass is 461 g/mol. The van der Waals surface area contributed by atoms with Gasteiger partial charge in [-0.25, -0.2) is 4.98 Å². The first kappa shape index (κ1) is 21.9. The molecule has 5 rings (SSSR count). The second-order valence-electron chi connectivity index (χ2n) is 8.56. The molecule has 0 saturated carbocycles. The average molecular weight is 462 g/mol. The Morgan fingerprint density at radius 2 is 1.79 bits per heavy atom. The van der Waals surface area contributed by atoms with Gasteiger partial charge in [-0.05, 0) is 38.5 Å². The number of morpholine rings is 1. The standard InChI is InChI=1S/C25H27N5O2S/c1-16-4-7-19(8-5-16)15-30-21-9-6-17(2)14-20(21)22-23(30)26-25(28-27-22)33-18(3)24(31)29-10-12-32-13-11-29/h4-9,14,18H,10-13,15H2,1-3H3. The van der Waals surface area contributed by atoms with Crippen LogP contribution in [0, 0.1) is 13.8 Å². The Kier molecular flexibility index (Phi) is 6.03. The van der Waals surface area contributed by atoms with Gasteiger partial charge in [0.2, 0.25) is 11.1 Å². The van der Waals surface area contributed by atoms with Crippen molar-refractivity contribution in [3.05, 3.63) is 59.2 Å². The molecule has 4 aromatic rings. The van der Waals surface area contributed by atoms with Crippen LogP contribution in [-0.2, 0) is 16.1 Å². The third-order valence-electron chi connectivity index (χ3n) is 6.02. The number of carbonyl (C=O) groups is 1. The summed E-state index contributed by atoms with van der Waals surface area (Å²) in [5, 5.41) is 10.2. The lowest BCUT2D eigenvalue weighted by molar-refractivity contribution is -0.134. The first-order chi connectivity index (χ1) is 16.0. The summed E-state index contributed by atoms with van der Waals surface area (Å²) in [6, 6.07) is 14.9. The second kappa shape index (κ2) is 9.11. The van der Waals surface area contributed by atoms with Gasteiger partial charge in [0.25, 0.3) is 0 Å². The molecular formula is C25H27N5O2S. The number of aryl methyl sites for hydroxylation is 2. The molecule has 7 nitrogen and oxygen atoms in total. The van der Waals surface area contributed by atoms with Gasteiger partial charge in [0.15, 0.2) is 5.65 Å². The molecule has 1 atom stereocenters. The van der Waals surface area contributed by atoms with Crippen LogP contribution in [0.4, 0.5) is 0 Å². The van der Waals surface area contributed by atoms with Crippen LogP contribution in [0.15, 0.2) is 47.6 Å². The van der Waals surface area contributed by atoms with E-state index in [0.29, 0.717) is 38.0 Å². The predicted octanol–water partition coefficient (Wildman–Crippen LogP) is 3.98. The highest BCUT2D eigenvalue weighted by Gasteiger charge is 2.25. The van der Waals surface area contributed by atoms with E-state index in [1.54, 1.807) is 0 Å². The molecule has 1 aliphatic rings. The number of hydrogen-bond donors (Lipinski definition) is 0. The van der Waals surface area contributed by atoms with Crippen molar-refractivity contribution in [3.8, 4) is 0 Å². The first-order valence-electron chi connectivity index (χ1n) is 11.2. The van der Waals surface area contributed by atoms with Crippen LogP contribution in [0.1, 0.15) is 23.6 Å². The molecule has 1 aliphatic heterocycles. The smallest absolute Gasteiger partial charge is 0.236 e. The van der Waals surface area contributed by atoms with E-state index >= 15 is 0 Å². The first-order valence-corrected chi connectivity index (χ1v) is 12.1. The molecule has 0 bridgehead atoms. The lowest BCUT2D eigenvalue weighted by Gasteiger charge is -2.28. The summed E-state index contributed by atoms with van der Waals surface area (Å²) in [4.78, 5) is 19.6. The molecule has 170 valence electrons. The highest BCUT2D eigenvalue weighted by atomic mass is 32.2. The van der Waals surface area contributed by atoms with E-state index in [-0.39, 0.29) is 11.2 Å². The van der Waals surface area contributed by atoms with Gasteiger partial charge in [-0.3, -0.25) is 4.79 Å². The molecule has 2 aromatic heterocycles. The van der Waals surface area contributed by atoms with Gasteiger partial charge >= 0.3 is 0 Å². The fourth-order valence-corrected chi connectivity index (χ4v) is 4.98. The Bertz CT molecular complexity index is 1310. The van der Waals surface area contributed by atoms with Crippen molar-refractivity contribution in [1.29, 1.82) is 0 Å². The molecule has 33 heavy (non-hydrogen) atoms. The molecule has 2 aromatic carbocycles. The molecule has 0 radical (unpaired) electrons. The summed E-state index contributed by atoms with van der Waals surface area (Å²) >= 11 is 1.36. The molecule has 1 unspecified atom stereocenters. The van der Waals surface area contributed by atoms with E-state index < -0.39 is 0 Å². The molecule has 1 amide bonds. The van der Waals surface area contributed by atoms with E-state index in [0.717, 1.165) is 22.1 Å². The van der Waals surface area contributed by atoms with Gasteiger partial charge in [-0.1, -0.05) is 53.2 Å². The van der Waals surface area contributed by atoms with E-state index in [1.807, 2.05) is 11.8 Å². The zero-order chi connectivity index (χ0) is 22.9. The van der Waals surface area contributed by atoms with Gasteiger partial charge in [-0.2, -0.15) is 0 Å². The molecule has 0 aliphatic carbocycles. The number of amides is 1. The Morgan fingerprint density at radius 3 is 2.55 bits per heavy atom. The second-order valence-corrected chi connectivity index (χ2v) is 9.86.